The van der Waals surface area contributed by atoms with Crippen molar-refractivity contribution in [3.63, 3.8) is 0 Å². The summed E-state index contributed by atoms with van der Waals surface area (Å²) in [5, 5.41) is 10.5. The SMILES string of the molecule is CC(C)NC(=S)NCCc1ncon1. The van der Waals surface area contributed by atoms with Crippen LogP contribution in [0.2, 0.25) is 0 Å². The highest BCUT2D eigenvalue weighted by Crippen LogP contribution is 1.88. The molecule has 1 aromatic heterocycles. The van der Waals surface area contributed by atoms with E-state index in [1.807, 2.05) is 13.8 Å². The van der Waals surface area contributed by atoms with Crippen molar-refractivity contribution in [2.45, 2.75) is 26.3 Å². The van der Waals surface area contributed by atoms with E-state index in [9.17, 15) is 0 Å². The highest BCUT2D eigenvalue weighted by atomic mass is 32.1. The largest absolute Gasteiger partial charge is 0.362 e. The van der Waals surface area contributed by atoms with Gasteiger partial charge in [-0.2, -0.15) is 4.98 Å². The fourth-order valence-electron chi connectivity index (χ4n) is 0.904. The van der Waals surface area contributed by atoms with Crippen LogP contribution in [0, 0.1) is 0 Å². The summed E-state index contributed by atoms with van der Waals surface area (Å²) in [4.78, 5) is 3.89. The van der Waals surface area contributed by atoms with Gasteiger partial charge >= 0.3 is 0 Å². The molecule has 0 amide bonds. The lowest BCUT2D eigenvalue weighted by Gasteiger charge is -2.11. The molecule has 0 radical (unpaired) electrons. The molecule has 0 aliphatic carbocycles. The van der Waals surface area contributed by atoms with Crippen molar-refractivity contribution < 1.29 is 4.52 Å². The van der Waals surface area contributed by atoms with Crippen molar-refractivity contribution in [3.05, 3.63) is 12.2 Å². The molecule has 5 nitrogen and oxygen atoms in total. The summed E-state index contributed by atoms with van der Waals surface area (Å²) < 4.78 is 4.60. The number of thiocarbonyl (C=S) groups is 1. The molecule has 0 spiro atoms. The molecule has 0 bridgehead atoms. The van der Waals surface area contributed by atoms with Crippen LogP contribution in [0.5, 0.6) is 0 Å². The zero-order chi connectivity index (χ0) is 10.4. The summed E-state index contributed by atoms with van der Waals surface area (Å²) in [5.41, 5.74) is 0. The lowest BCUT2D eigenvalue weighted by Crippen LogP contribution is -2.40. The molecule has 0 unspecified atom stereocenters. The Kier molecular flexibility index (Phi) is 4.31. The first-order valence-corrected chi connectivity index (χ1v) is 4.89. The average Bonchev–Trinajstić information content (AvgIpc) is 2.55. The zero-order valence-electron chi connectivity index (χ0n) is 8.28. The highest BCUT2D eigenvalue weighted by Gasteiger charge is 2.00. The third-order valence-electron chi connectivity index (χ3n) is 1.46. The van der Waals surface area contributed by atoms with Gasteiger partial charge in [-0.25, -0.2) is 0 Å². The molecule has 0 aliphatic heterocycles. The maximum atomic E-state index is 5.04. The van der Waals surface area contributed by atoms with Gasteiger partial charge < -0.3 is 15.2 Å². The van der Waals surface area contributed by atoms with Crippen LogP contribution < -0.4 is 10.6 Å². The smallest absolute Gasteiger partial charge is 0.213 e. The molecule has 2 N–H and O–H groups in total. The number of aromatic nitrogens is 2. The first-order chi connectivity index (χ1) is 6.68. The normalized spacial score (nSPS) is 10.2. The number of hydrogen-bond donors (Lipinski definition) is 2. The Hall–Kier alpha value is -1.17. The second kappa shape index (κ2) is 5.54. The topological polar surface area (TPSA) is 63.0 Å². The molecule has 14 heavy (non-hydrogen) atoms. The minimum Gasteiger partial charge on any atom is -0.362 e. The first kappa shape index (κ1) is 10.9. The van der Waals surface area contributed by atoms with Gasteiger partial charge in [0, 0.05) is 19.0 Å². The van der Waals surface area contributed by atoms with E-state index in [1.54, 1.807) is 0 Å². The van der Waals surface area contributed by atoms with Gasteiger partial charge in [-0.05, 0) is 26.1 Å². The fraction of sp³-hybridized carbons (Fsp3) is 0.625. The molecule has 0 aromatic carbocycles. The molecular formula is C8H14N4OS. The van der Waals surface area contributed by atoms with Crippen molar-refractivity contribution in [2.75, 3.05) is 6.54 Å². The number of nitrogens with one attached hydrogen (secondary N) is 2. The summed E-state index contributed by atoms with van der Waals surface area (Å²) in [6.45, 7) is 4.78. The molecular weight excluding hydrogens is 200 g/mol. The van der Waals surface area contributed by atoms with Gasteiger partial charge in [-0.3, -0.25) is 0 Å². The Bertz CT molecular complexity index is 273. The number of hydrogen-bond acceptors (Lipinski definition) is 4. The van der Waals surface area contributed by atoms with Crippen LogP contribution in [-0.2, 0) is 6.42 Å². The Balaban J connectivity index is 2.12. The highest BCUT2D eigenvalue weighted by molar-refractivity contribution is 7.80. The van der Waals surface area contributed by atoms with Gasteiger partial charge in [0.25, 0.3) is 0 Å². The molecule has 1 rings (SSSR count). The maximum absolute atomic E-state index is 5.04. The van der Waals surface area contributed by atoms with Crippen LogP contribution in [0.25, 0.3) is 0 Å². The van der Waals surface area contributed by atoms with E-state index < -0.39 is 0 Å². The maximum Gasteiger partial charge on any atom is 0.213 e. The van der Waals surface area contributed by atoms with Crippen LogP contribution in [-0.4, -0.2) is 27.8 Å². The van der Waals surface area contributed by atoms with Gasteiger partial charge in [0.1, 0.15) is 0 Å². The van der Waals surface area contributed by atoms with Crippen LogP contribution in [0.4, 0.5) is 0 Å². The Morgan fingerprint density at radius 3 is 3.00 bits per heavy atom. The predicted molar refractivity (Wildman–Crippen MR) is 56.9 cm³/mol. The summed E-state index contributed by atoms with van der Waals surface area (Å²) in [6.07, 6.45) is 2.02. The van der Waals surface area contributed by atoms with Crippen molar-refractivity contribution in [3.8, 4) is 0 Å². The van der Waals surface area contributed by atoms with Crippen molar-refractivity contribution in [1.29, 1.82) is 0 Å². The second-order valence-corrected chi connectivity index (χ2v) is 3.56. The monoisotopic (exact) mass is 214 g/mol. The summed E-state index contributed by atoms with van der Waals surface area (Å²) in [7, 11) is 0. The summed E-state index contributed by atoms with van der Waals surface area (Å²) in [5.74, 6) is 0.685. The number of nitrogens with zero attached hydrogens (tertiary/aromatic N) is 2. The molecule has 0 fully saturated rings. The average molecular weight is 214 g/mol. The molecule has 1 aromatic rings. The van der Waals surface area contributed by atoms with Crippen LogP contribution in [0.3, 0.4) is 0 Å². The van der Waals surface area contributed by atoms with E-state index in [4.69, 9.17) is 12.2 Å². The van der Waals surface area contributed by atoms with Crippen molar-refractivity contribution in [2.24, 2.45) is 0 Å². The third kappa shape index (κ3) is 4.18. The van der Waals surface area contributed by atoms with E-state index in [-0.39, 0.29) is 0 Å². The van der Waals surface area contributed by atoms with Crippen LogP contribution in [0.15, 0.2) is 10.9 Å². The van der Waals surface area contributed by atoms with Gasteiger partial charge in [0.15, 0.2) is 10.9 Å². The second-order valence-electron chi connectivity index (χ2n) is 3.15. The van der Waals surface area contributed by atoms with Gasteiger partial charge in [-0.15, -0.1) is 0 Å². The Labute approximate surface area is 88.3 Å². The van der Waals surface area contributed by atoms with Crippen LogP contribution in [0.1, 0.15) is 19.7 Å². The summed E-state index contributed by atoms with van der Waals surface area (Å²) >= 11 is 5.04. The quantitative estimate of drug-likeness (QED) is 0.711. The lowest BCUT2D eigenvalue weighted by atomic mass is 10.4. The predicted octanol–water partition coefficient (Wildman–Crippen LogP) is 0.485. The minimum atomic E-state index is 0.347. The molecule has 6 heteroatoms. The standard InChI is InChI=1S/C8H14N4OS/c1-6(2)11-8(14)9-4-3-7-10-5-13-12-7/h5-6H,3-4H2,1-2H3,(H2,9,11,14). The van der Waals surface area contributed by atoms with E-state index in [0.717, 1.165) is 0 Å². The molecule has 0 saturated carbocycles. The van der Waals surface area contributed by atoms with E-state index in [1.165, 1.54) is 6.39 Å². The molecule has 78 valence electrons. The van der Waals surface area contributed by atoms with Gasteiger partial charge in [0.05, 0.1) is 0 Å². The third-order valence-corrected chi connectivity index (χ3v) is 1.72. The summed E-state index contributed by atoms with van der Waals surface area (Å²) in [6, 6.07) is 0.347. The van der Waals surface area contributed by atoms with Crippen molar-refractivity contribution >= 4 is 17.3 Å². The van der Waals surface area contributed by atoms with Crippen LogP contribution >= 0.6 is 12.2 Å². The van der Waals surface area contributed by atoms with Crippen molar-refractivity contribution in [1.82, 2.24) is 20.8 Å². The van der Waals surface area contributed by atoms with E-state index >= 15 is 0 Å². The number of rotatable bonds is 4. The molecule has 0 atom stereocenters. The Morgan fingerprint density at radius 1 is 1.64 bits per heavy atom. The van der Waals surface area contributed by atoms with Gasteiger partial charge in [-0.1, -0.05) is 5.16 Å². The fourth-order valence-corrected chi connectivity index (χ4v) is 1.24. The minimum absolute atomic E-state index is 0.347. The first-order valence-electron chi connectivity index (χ1n) is 4.48. The lowest BCUT2D eigenvalue weighted by molar-refractivity contribution is 0.410. The molecule has 0 aliphatic rings. The molecule has 1 heterocycles. The van der Waals surface area contributed by atoms with E-state index in [0.29, 0.717) is 29.9 Å². The zero-order valence-corrected chi connectivity index (χ0v) is 9.10. The Morgan fingerprint density at radius 2 is 2.43 bits per heavy atom. The van der Waals surface area contributed by atoms with E-state index in [2.05, 4.69) is 25.3 Å². The van der Waals surface area contributed by atoms with Gasteiger partial charge in [0.2, 0.25) is 6.39 Å². The molecule has 0 saturated heterocycles.